The second-order valence-electron chi connectivity index (χ2n) is 7.91. The third-order valence-corrected chi connectivity index (χ3v) is 5.64. The quantitative estimate of drug-likeness (QED) is 0.658. The molecule has 1 N–H and O–H groups in total. The van der Waals surface area contributed by atoms with Gasteiger partial charge in [-0.1, -0.05) is 11.2 Å². The zero-order valence-corrected chi connectivity index (χ0v) is 18.1. The van der Waals surface area contributed by atoms with Crippen molar-refractivity contribution < 1.29 is 14.1 Å². The zero-order chi connectivity index (χ0) is 23.0. The van der Waals surface area contributed by atoms with Crippen molar-refractivity contribution in [2.24, 2.45) is 0 Å². The summed E-state index contributed by atoms with van der Waals surface area (Å²) in [6.07, 6.45) is 5.69. The average molecular weight is 444 g/mol. The molecule has 0 bridgehead atoms. The maximum atomic E-state index is 13.1. The van der Waals surface area contributed by atoms with Gasteiger partial charge in [0.25, 0.3) is 5.91 Å². The normalized spacial score (nSPS) is 17.5. The number of rotatable bonds is 3. The van der Waals surface area contributed by atoms with Crippen molar-refractivity contribution in [3.63, 3.8) is 0 Å². The van der Waals surface area contributed by atoms with E-state index in [1.165, 1.54) is 0 Å². The molecule has 1 atom stereocenters. The number of aromatic nitrogens is 3. The largest absolute Gasteiger partial charge is 0.356 e. The van der Waals surface area contributed by atoms with E-state index >= 15 is 0 Å². The van der Waals surface area contributed by atoms with Gasteiger partial charge in [0.05, 0.1) is 11.6 Å². The van der Waals surface area contributed by atoms with E-state index in [0.29, 0.717) is 55.3 Å². The summed E-state index contributed by atoms with van der Waals surface area (Å²) >= 11 is 0. The number of hydrogen-bond acceptors (Lipinski definition) is 7. The van der Waals surface area contributed by atoms with Gasteiger partial charge in [-0.05, 0) is 49.6 Å². The third kappa shape index (κ3) is 5.60. The van der Waals surface area contributed by atoms with Crippen LogP contribution in [-0.4, -0.2) is 51.5 Å². The van der Waals surface area contributed by atoms with E-state index in [2.05, 4.69) is 26.5 Å². The van der Waals surface area contributed by atoms with Crippen LogP contribution in [0.15, 0.2) is 53.3 Å². The van der Waals surface area contributed by atoms with Crippen molar-refractivity contribution in [3.8, 4) is 17.5 Å². The van der Waals surface area contributed by atoms with Crippen molar-refractivity contribution in [3.05, 3.63) is 65.8 Å². The maximum Gasteiger partial charge on any atom is 0.253 e. The molecule has 1 aliphatic heterocycles. The predicted molar refractivity (Wildman–Crippen MR) is 119 cm³/mol. The zero-order valence-electron chi connectivity index (χ0n) is 18.1. The lowest BCUT2D eigenvalue weighted by Gasteiger charge is -2.23. The first-order valence-electron chi connectivity index (χ1n) is 10.9. The maximum absolute atomic E-state index is 13.1. The second-order valence-corrected chi connectivity index (χ2v) is 7.91. The van der Waals surface area contributed by atoms with E-state index in [9.17, 15) is 9.59 Å². The summed E-state index contributed by atoms with van der Waals surface area (Å²) in [7, 11) is 0. The molecular weight excluding hydrogens is 420 g/mol. The molecule has 1 aromatic carbocycles. The molecule has 3 heterocycles. The summed E-state index contributed by atoms with van der Waals surface area (Å²) in [5.74, 6) is 0.654. The number of carbonyl (C=O) groups is 2. The minimum Gasteiger partial charge on any atom is -0.356 e. The highest BCUT2D eigenvalue weighted by Crippen LogP contribution is 2.26. The molecule has 4 rings (SSSR count). The Hall–Kier alpha value is -4.06. The van der Waals surface area contributed by atoms with Crippen molar-refractivity contribution in [1.82, 2.24) is 25.3 Å². The smallest absolute Gasteiger partial charge is 0.253 e. The fourth-order valence-electron chi connectivity index (χ4n) is 3.86. The Morgan fingerprint density at radius 3 is 2.94 bits per heavy atom. The first-order valence-corrected chi connectivity index (χ1v) is 10.9. The fraction of sp³-hybridized carbons (Fsp3) is 0.333. The van der Waals surface area contributed by atoms with Crippen LogP contribution < -0.4 is 5.32 Å². The van der Waals surface area contributed by atoms with E-state index in [4.69, 9.17) is 9.78 Å². The van der Waals surface area contributed by atoms with Gasteiger partial charge in [0, 0.05) is 55.5 Å². The van der Waals surface area contributed by atoms with Gasteiger partial charge < -0.3 is 14.7 Å². The molecular formula is C24H24N6O3. The van der Waals surface area contributed by atoms with Gasteiger partial charge in [-0.3, -0.25) is 14.6 Å². The molecule has 9 heteroatoms. The Balaban J connectivity index is 1.48. The average Bonchev–Trinajstić information content (AvgIpc) is 3.34. The molecule has 3 aromatic rings. The Bertz CT molecular complexity index is 1150. The summed E-state index contributed by atoms with van der Waals surface area (Å²) in [6.45, 7) is 1.30. The van der Waals surface area contributed by atoms with Gasteiger partial charge in [0.1, 0.15) is 0 Å². The predicted octanol–water partition coefficient (Wildman–Crippen LogP) is 2.92. The van der Waals surface area contributed by atoms with Crippen LogP contribution in [0.3, 0.4) is 0 Å². The Morgan fingerprint density at radius 2 is 2.12 bits per heavy atom. The lowest BCUT2D eigenvalue weighted by Crippen LogP contribution is -2.35. The van der Waals surface area contributed by atoms with Gasteiger partial charge >= 0.3 is 0 Å². The monoisotopic (exact) mass is 444 g/mol. The first-order chi connectivity index (χ1) is 16.1. The van der Waals surface area contributed by atoms with Crippen LogP contribution >= 0.6 is 0 Å². The van der Waals surface area contributed by atoms with Crippen LogP contribution in [-0.2, 0) is 4.79 Å². The van der Waals surface area contributed by atoms with Crippen LogP contribution in [0, 0.1) is 11.3 Å². The van der Waals surface area contributed by atoms with Crippen LogP contribution in [0.4, 0.5) is 0 Å². The van der Waals surface area contributed by atoms with E-state index in [0.717, 1.165) is 12.0 Å². The second kappa shape index (κ2) is 10.5. The van der Waals surface area contributed by atoms with Crippen LogP contribution in [0.5, 0.6) is 0 Å². The number of hydrogen-bond donors (Lipinski definition) is 1. The summed E-state index contributed by atoms with van der Waals surface area (Å²) < 4.78 is 5.54. The van der Waals surface area contributed by atoms with Crippen LogP contribution in [0.1, 0.15) is 53.4 Å². The van der Waals surface area contributed by atoms with E-state index < -0.39 is 0 Å². The third-order valence-electron chi connectivity index (χ3n) is 5.64. The van der Waals surface area contributed by atoms with E-state index in [1.807, 2.05) is 12.1 Å². The highest BCUT2D eigenvalue weighted by atomic mass is 16.5. The number of pyridine rings is 1. The SMILES string of the molecule is N#Cc1cccc(C(=O)N2CCCC(c3nc(-c4cccnc4)no3)CCNC(=O)CC2)c1. The lowest BCUT2D eigenvalue weighted by atomic mass is 9.99. The molecule has 0 radical (unpaired) electrons. The molecule has 2 aromatic heterocycles. The van der Waals surface area contributed by atoms with Gasteiger partial charge in [-0.25, -0.2) is 0 Å². The number of nitriles is 1. The Labute approximate surface area is 191 Å². The van der Waals surface area contributed by atoms with Crippen molar-refractivity contribution in [2.75, 3.05) is 19.6 Å². The van der Waals surface area contributed by atoms with Crippen LogP contribution in [0.25, 0.3) is 11.4 Å². The molecule has 1 saturated heterocycles. The molecule has 0 aliphatic carbocycles. The van der Waals surface area contributed by atoms with Gasteiger partial charge in [-0.15, -0.1) is 0 Å². The number of carbonyl (C=O) groups excluding carboxylic acids is 2. The topological polar surface area (TPSA) is 125 Å². The minimum absolute atomic E-state index is 0.0415. The molecule has 0 spiro atoms. The summed E-state index contributed by atoms with van der Waals surface area (Å²) in [5, 5.41) is 16.1. The summed E-state index contributed by atoms with van der Waals surface area (Å²) in [6, 6.07) is 12.4. The first kappa shape index (κ1) is 22.1. The molecule has 33 heavy (non-hydrogen) atoms. The molecule has 1 aliphatic rings. The summed E-state index contributed by atoms with van der Waals surface area (Å²) in [4.78, 5) is 35.7. The Kier molecular flexibility index (Phi) is 7.05. The molecule has 1 unspecified atom stereocenters. The number of amides is 2. The van der Waals surface area contributed by atoms with Crippen molar-refractivity contribution >= 4 is 11.8 Å². The van der Waals surface area contributed by atoms with E-state index in [1.54, 1.807) is 41.6 Å². The van der Waals surface area contributed by atoms with Crippen molar-refractivity contribution in [2.45, 2.75) is 31.6 Å². The minimum atomic E-state index is -0.188. The highest BCUT2D eigenvalue weighted by molar-refractivity contribution is 5.94. The molecule has 0 saturated carbocycles. The molecule has 168 valence electrons. The van der Waals surface area contributed by atoms with Gasteiger partial charge in [0.2, 0.25) is 17.6 Å². The standard InChI is InChI=1S/C24H24N6O3/c25-15-17-4-1-5-19(14-17)24(32)30-12-3-7-18(8-11-27-21(31)9-13-30)23-28-22(29-33-23)20-6-2-10-26-16-20/h1-2,4-6,10,14,16,18H,3,7-9,11-13H2,(H,27,31). The number of nitrogens with one attached hydrogen (secondary N) is 1. The number of nitrogens with zero attached hydrogens (tertiary/aromatic N) is 5. The molecule has 2 amide bonds. The summed E-state index contributed by atoms with van der Waals surface area (Å²) in [5.41, 5.74) is 1.64. The fourth-order valence-corrected chi connectivity index (χ4v) is 3.86. The molecule has 9 nitrogen and oxygen atoms in total. The number of benzene rings is 1. The highest BCUT2D eigenvalue weighted by Gasteiger charge is 2.23. The Morgan fingerprint density at radius 1 is 1.21 bits per heavy atom. The molecule has 1 fully saturated rings. The van der Waals surface area contributed by atoms with Gasteiger partial charge in [-0.2, -0.15) is 10.2 Å². The van der Waals surface area contributed by atoms with Crippen molar-refractivity contribution in [1.29, 1.82) is 5.26 Å². The lowest BCUT2D eigenvalue weighted by molar-refractivity contribution is -0.121. The van der Waals surface area contributed by atoms with Crippen LogP contribution in [0.2, 0.25) is 0 Å². The van der Waals surface area contributed by atoms with E-state index in [-0.39, 0.29) is 24.2 Å². The van der Waals surface area contributed by atoms with Gasteiger partial charge in [0.15, 0.2) is 0 Å².